The average Bonchev–Trinajstić information content (AvgIpc) is 3.43. The van der Waals surface area contributed by atoms with E-state index < -0.39 is 23.1 Å². The van der Waals surface area contributed by atoms with Crippen LogP contribution in [0.1, 0.15) is 34.7 Å². The van der Waals surface area contributed by atoms with E-state index in [2.05, 4.69) is 10.2 Å². The molecule has 0 saturated carbocycles. The molecule has 0 bridgehead atoms. The van der Waals surface area contributed by atoms with E-state index in [0.717, 1.165) is 37.8 Å². The van der Waals surface area contributed by atoms with Crippen LogP contribution >= 0.6 is 23.4 Å². The van der Waals surface area contributed by atoms with Crippen LogP contribution in [0.15, 0.2) is 45.9 Å². The second-order valence-corrected chi connectivity index (χ2v) is 9.26. The summed E-state index contributed by atoms with van der Waals surface area (Å²) in [6.07, 6.45) is 1.51. The van der Waals surface area contributed by atoms with E-state index >= 15 is 0 Å². The van der Waals surface area contributed by atoms with Crippen molar-refractivity contribution >= 4 is 35.2 Å². The standard InChI is InChI=1S/C22H24ClFN4O4S/c23-17-9-13(1-4-18(17)24)21(31)26-22-28(19(12-33-22)20(25)30)14-5-7-27(8-6-14)10-15-2-3-16(11-29)32-15/h1-4,9,12,14,22,29H,5-8,10-11H2,(H2,25,30)(H,26,31). The molecule has 4 N–H and O–H groups in total. The molecule has 1 unspecified atom stereocenters. The molecule has 0 radical (unpaired) electrons. The Kier molecular flexibility index (Phi) is 7.28. The molecule has 3 heterocycles. The smallest absolute Gasteiger partial charge is 0.265 e. The van der Waals surface area contributed by atoms with Gasteiger partial charge in [0.25, 0.3) is 11.8 Å². The Bertz CT molecular complexity index is 1070. The molecule has 2 aromatic rings. The Hall–Kier alpha value is -2.53. The van der Waals surface area contributed by atoms with Gasteiger partial charge in [-0.25, -0.2) is 4.39 Å². The third-order valence-electron chi connectivity index (χ3n) is 5.73. The first kappa shape index (κ1) is 23.6. The number of nitrogens with two attached hydrogens (primary N) is 1. The summed E-state index contributed by atoms with van der Waals surface area (Å²) in [5.74, 6) is -0.259. The number of halogens is 2. The van der Waals surface area contributed by atoms with E-state index in [0.29, 0.717) is 18.0 Å². The van der Waals surface area contributed by atoms with Gasteiger partial charge >= 0.3 is 0 Å². The van der Waals surface area contributed by atoms with Crippen LogP contribution in [0.5, 0.6) is 0 Å². The lowest BCUT2D eigenvalue weighted by atomic mass is 10.0. The maximum atomic E-state index is 13.4. The molecule has 0 spiro atoms. The van der Waals surface area contributed by atoms with Crippen LogP contribution in [0.3, 0.4) is 0 Å². The number of hydrogen-bond acceptors (Lipinski definition) is 7. The number of piperidine rings is 1. The maximum Gasteiger partial charge on any atom is 0.265 e. The van der Waals surface area contributed by atoms with Gasteiger partial charge in [-0.2, -0.15) is 0 Å². The summed E-state index contributed by atoms with van der Waals surface area (Å²) in [5.41, 5.74) is 5.67. The minimum Gasteiger partial charge on any atom is -0.462 e. The second kappa shape index (κ2) is 10.2. The summed E-state index contributed by atoms with van der Waals surface area (Å²) in [7, 11) is 0. The van der Waals surface area contributed by atoms with E-state index in [1.165, 1.54) is 23.9 Å². The molecule has 8 nitrogen and oxygen atoms in total. The molecule has 2 aliphatic rings. The van der Waals surface area contributed by atoms with Gasteiger partial charge in [-0.1, -0.05) is 23.4 Å². The summed E-state index contributed by atoms with van der Waals surface area (Å²) >= 11 is 7.10. The van der Waals surface area contributed by atoms with E-state index in [4.69, 9.17) is 26.9 Å². The van der Waals surface area contributed by atoms with Crippen molar-refractivity contribution in [2.45, 2.75) is 37.5 Å². The molecule has 0 aliphatic carbocycles. The van der Waals surface area contributed by atoms with Gasteiger partial charge in [0.05, 0.1) is 11.6 Å². The van der Waals surface area contributed by atoms with Crippen molar-refractivity contribution in [3.63, 3.8) is 0 Å². The lowest BCUT2D eigenvalue weighted by Gasteiger charge is -2.40. The molecule has 1 saturated heterocycles. The number of carbonyl (C=O) groups is 2. The highest BCUT2D eigenvalue weighted by Gasteiger charge is 2.37. The zero-order valence-electron chi connectivity index (χ0n) is 17.7. The quantitative estimate of drug-likeness (QED) is 0.542. The zero-order chi connectivity index (χ0) is 23.5. The molecule has 1 atom stereocenters. The molecule has 4 rings (SSSR count). The monoisotopic (exact) mass is 494 g/mol. The van der Waals surface area contributed by atoms with Gasteiger partial charge in [-0.05, 0) is 43.2 Å². The normalized spacial score (nSPS) is 19.5. The number of likely N-dealkylation sites (tertiary alicyclic amines) is 1. The third-order valence-corrected chi connectivity index (χ3v) is 6.98. The number of carbonyl (C=O) groups excluding carboxylic acids is 2. The highest BCUT2D eigenvalue weighted by atomic mass is 35.5. The first-order valence-electron chi connectivity index (χ1n) is 10.5. The molecule has 1 aromatic carbocycles. The highest BCUT2D eigenvalue weighted by Crippen LogP contribution is 2.35. The first-order valence-corrected chi connectivity index (χ1v) is 11.8. The number of nitrogens with one attached hydrogen (secondary N) is 1. The van der Waals surface area contributed by atoms with Crippen molar-refractivity contribution in [1.82, 2.24) is 15.1 Å². The van der Waals surface area contributed by atoms with Crippen LogP contribution in [-0.4, -0.2) is 51.3 Å². The van der Waals surface area contributed by atoms with Crippen molar-refractivity contribution in [1.29, 1.82) is 0 Å². The molecule has 1 fully saturated rings. The fourth-order valence-electron chi connectivity index (χ4n) is 4.06. The van der Waals surface area contributed by atoms with Crippen molar-refractivity contribution in [2.75, 3.05) is 13.1 Å². The summed E-state index contributed by atoms with van der Waals surface area (Å²) in [6, 6.07) is 7.39. The van der Waals surface area contributed by atoms with E-state index in [1.807, 2.05) is 11.0 Å². The number of nitrogens with zero attached hydrogens (tertiary/aromatic N) is 2. The minimum absolute atomic E-state index is 0.00158. The number of benzene rings is 1. The minimum atomic E-state index is -0.600. The fraction of sp³-hybridized carbons (Fsp3) is 0.364. The molecular weight excluding hydrogens is 471 g/mol. The number of aliphatic hydroxyl groups excluding tert-OH is 1. The number of primary amides is 1. The number of thioether (sulfide) groups is 1. The van der Waals surface area contributed by atoms with Crippen LogP contribution in [0.25, 0.3) is 0 Å². The van der Waals surface area contributed by atoms with Crippen LogP contribution in [-0.2, 0) is 17.9 Å². The Morgan fingerprint density at radius 1 is 1.24 bits per heavy atom. The van der Waals surface area contributed by atoms with Gasteiger partial charge in [-0.15, -0.1) is 0 Å². The molecule has 176 valence electrons. The van der Waals surface area contributed by atoms with Crippen molar-refractivity contribution < 1.29 is 23.5 Å². The number of hydrogen-bond donors (Lipinski definition) is 3. The number of amides is 2. The predicted molar refractivity (Wildman–Crippen MR) is 122 cm³/mol. The number of furan rings is 1. The third kappa shape index (κ3) is 5.35. The lowest BCUT2D eigenvalue weighted by Crippen LogP contribution is -2.52. The molecule has 2 aliphatic heterocycles. The predicted octanol–water partition coefficient (Wildman–Crippen LogP) is 2.62. The van der Waals surface area contributed by atoms with Crippen molar-refractivity contribution in [3.8, 4) is 0 Å². The Labute approximate surface area is 199 Å². The van der Waals surface area contributed by atoms with Gasteiger partial charge in [0, 0.05) is 30.1 Å². The van der Waals surface area contributed by atoms with Gasteiger partial charge < -0.3 is 25.5 Å². The van der Waals surface area contributed by atoms with Gasteiger partial charge in [0.1, 0.15) is 29.6 Å². The van der Waals surface area contributed by atoms with E-state index in [-0.39, 0.29) is 23.2 Å². The molecular formula is C22H24ClFN4O4S. The highest BCUT2D eigenvalue weighted by molar-refractivity contribution is 8.02. The van der Waals surface area contributed by atoms with Crippen molar-refractivity contribution in [2.24, 2.45) is 5.73 Å². The first-order chi connectivity index (χ1) is 15.9. The summed E-state index contributed by atoms with van der Waals surface area (Å²) in [6.45, 7) is 2.03. The summed E-state index contributed by atoms with van der Waals surface area (Å²) in [5, 5.41) is 13.6. The summed E-state index contributed by atoms with van der Waals surface area (Å²) < 4.78 is 19.0. The van der Waals surface area contributed by atoms with Gasteiger partial charge in [0.15, 0.2) is 5.50 Å². The van der Waals surface area contributed by atoms with Crippen LogP contribution < -0.4 is 11.1 Å². The fourth-order valence-corrected chi connectivity index (χ4v) is 5.33. The Balaban J connectivity index is 1.41. The number of rotatable bonds is 7. The lowest BCUT2D eigenvalue weighted by molar-refractivity contribution is -0.116. The van der Waals surface area contributed by atoms with Gasteiger partial charge in [0.2, 0.25) is 0 Å². The van der Waals surface area contributed by atoms with Crippen LogP contribution in [0.4, 0.5) is 4.39 Å². The topological polar surface area (TPSA) is 112 Å². The van der Waals surface area contributed by atoms with E-state index in [1.54, 1.807) is 11.5 Å². The number of aliphatic hydroxyl groups is 1. The molecule has 33 heavy (non-hydrogen) atoms. The van der Waals surface area contributed by atoms with Gasteiger partial charge in [-0.3, -0.25) is 14.5 Å². The Morgan fingerprint density at radius 3 is 2.61 bits per heavy atom. The molecule has 1 aromatic heterocycles. The summed E-state index contributed by atoms with van der Waals surface area (Å²) in [4.78, 5) is 28.9. The largest absolute Gasteiger partial charge is 0.462 e. The Morgan fingerprint density at radius 2 is 1.97 bits per heavy atom. The second-order valence-electron chi connectivity index (χ2n) is 7.90. The van der Waals surface area contributed by atoms with Crippen LogP contribution in [0, 0.1) is 5.82 Å². The SMILES string of the molecule is NC(=O)C1=CSC(NC(=O)c2ccc(F)c(Cl)c2)N1C1CCN(Cc2ccc(CO)o2)CC1. The zero-order valence-corrected chi connectivity index (χ0v) is 19.2. The maximum absolute atomic E-state index is 13.4. The van der Waals surface area contributed by atoms with E-state index in [9.17, 15) is 14.0 Å². The van der Waals surface area contributed by atoms with Crippen LogP contribution in [0.2, 0.25) is 5.02 Å². The van der Waals surface area contributed by atoms with Crippen molar-refractivity contribution in [3.05, 3.63) is 69.4 Å². The average molecular weight is 495 g/mol. The molecule has 11 heteroatoms. The molecule has 2 amide bonds.